The zero-order valence-corrected chi connectivity index (χ0v) is 43.2. The number of nitrogens with two attached hydrogens (primary N) is 7. The Kier molecular flexibility index (Phi) is 29.7. The smallest absolute Gasteiger partial charge is 0.352 e. The molecular formula is C48H82N16O11. The molecule has 0 aliphatic carbocycles. The van der Waals surface area contributed by atoms with Crippen LogP contribution in [0.2, 0.25) is 0 Å². The summed E-state index contributed by atoms with van der Waals surface area (Å²) in [4.78, 5) is 126. The molecule has 1 aliphatic rings. The number of aliphatic hydroxyl groups excluding tert-OH is 1. The zero-order chi connectivity index (χ0) is 56.0. The van der Waals surface area contributed by atoms with Crippen molar-refractivity contribution < 1.29 is 53.4 Å². The van der Waals surface area contributed by atoms with Gasteiger partial charge in [-0.25, -0.2) is 4.79 Å². The quantitative estimate of drug-likeness (QED) is 0.0131. The fraction of sp³-hybridized carbons (Fsp3) is 0.625. The number of likely N-dealkylation sites (tertiary alicyclic amines) is 1. The molecule has 2 rings (SSSR count). The summed E-state index contributed by atoms with van der Waals surface area (Å²) in [5, 5.41) is 37.9. The Balaban J connectivity index is 2.26. The highest BCUT2D eigenvalue weighted by molar-refractivity contribution is 5.99. The van der Waals surface area contributed by atoms with Crippen LogP contribution in [0.15, 0.2) is 41.0 Å². The highest BCUT2D eigenvalue weighted by Crippen LogP contribution is 2.21. The fourth-order valence-corrected chi connectivity index (χ4v) is 7.96. The number of aryl methyl sites for hydroxylation is 2. The van der Waals surface area contributed by atoms with Crippen molar-refractivity contribution in [3.63, 3.8) is 0 Å². The molecule has 0 aromatic heterocycles. The van der Waals surface area contributed by atoms with Crippen molar-refractivity contribution in [2.75, 3.05) is 45.8 Å². The molecule has 1 heterocycles. The summed E-state index contributed by atoms with van der Waals surface area (Å²) in [6.45, 7) is 3.14. The third-order valence-corrected chi connectivity index (χ3v) is 12.3. The molecule has 0 unspecified atom stereocenters. The molecule has 27 heteroatoms. The molecule has 8 amide bonds. The molecule has 0 radical (unpaired) electrons. The van der Waals surface area contributed by atoms with E-state index in [-0.39, 0.29) is 77.1 Å². The summed E-state index contributed by atoms with van der Waals surface area (Å²) in [7, 11) is 0. The first-order valence-corrected chi connectivity index (χ1v) is 25.4. The Morgan fingerprint density at radius 1 is 0.760 bits per heavy atom. The summed E-state index contributed by atoms with van der Waals surface area (Å²) in [6.07, 6.45) is 3.47. The van der Waals surface area contributed by atoms with Crippen LogP contribution < -0.4 is 77.4 Å². The molecule has 27 nitrogen and oxygen atoms in total. The topological polar surface area (TPSA) is 476 Å². The van der Waals surface area contributed by atoms with Crippen LogP contribution in [0.25, 0.3) is 0 Å². The Morgan fingerprint density at radius 3 is 2.03 bits per heavy atom. The van der Waals surface area contributed by atoms with E-state index in [0.29, 0.717) is 45.1 Å². The van der Waals surface area contributed by atoms with Crippen LogP contribution in [0, 0.1) is 6.92 Å². The number of aliphatic hydroxyl groups is 1. The van der Waals surface area contributed by atoms with Gasteiger partial charge in [0.25, 0.3) is 0 Å². The van der Waals surface area contributed by atoms with Crippen LogP contribution in [-0.4, -0.2) is 169 Å². The Bertz CT molecular complexity index is 2120. The van der Waals surface area contributed by atoms with E-state index < -0.39 is 120 Å². The number of hydrogen-bond acceptors (Lipinski definition) is 16. The first-order valence-electron chi connectivity index (χ1n) is 25.4. The number of carboxylic acids is 1. The standard InChI is InChI=1S/C48H82N16O11/c1-28-12-3-4-13-30(28)19-20-33(43(70)60-32(15-6-8-22-50)42(69)62-35(47(74)75)17-10-24-56-48(54)55)61-44(71)36-18-11-25-64(36)46(73)34(16-9-23-51)59-38(66)27-57-40(67)29(2)58-45(72)39(37(65)26-52)63-41(68)31(53)14-5-7-21-49/h3-4,12-13,17,29,31-34,36-37,39,65H,5-11,14-16,18-27,49-53H2,1-2H3,(H,57,67)(H,58,72)(H,59,66)(H,60,70)(H,61,71)(H,62,69)(H,63,68)(H,74,75)(H4,54,55,56)/b35-17-/t29-,31-,32-,33-,34+,36-,37-,39-/m0/s1. The third-order valence-electron chi connectivity index (χ3n) is 12.3. The molecular weight excluding hydrogens is 977 g/mol. The van der Waals surface area contributed by atoms with Crippen LogP contribution in [0.1, 0.15) is 95.1 Å². The maximum Gasteiger partial charge on any atom is 0.352 e. The van der Waals surface area contributed by atoms with E-state index >= 15 is 0 Å². The minimum Gasteiger partial charge on any atom is -0.477 e. The molecule has 420 valence electrons. The van der Waals surface area contributed by atoms with E-state index in [1.54, 1.807) is 0 Å². The molecule has 23 N–H and O–H groups in total. The van der Waals surface area contributed by atoms with E-state index in [1.807, 2.05) is 31.2 Å². The minimum absolute atomic E-state index is 0.0497. The van der Waals surface area contributed by atoms with Gasteiger partial charge in [-0.05, 0) is 122 Å². The maximum atomic E-state index is 14.3. The lowest BCUT2D eigenvalue weighted by Crippen LogP contribution is -2.60. The van der Waals surface area contributed by atoms with E-state index in [9.17, 15) is 53.4 Å². The predicted molar refractivity (Wildman–Crippen MR) is 279 cm³/mol. The lowest BCUT2D eigenvalue weighted by atomic mass is 9.99. The summed E-state index contributed by atoms with van der Waals surface area (Å²) in [5.41, 5.74) is 40.6. The summed E-state index contributed by atoms with van der Waals surface area (Å²) in [5.74, 6) is -7.80. The average Bonchev–Trinajstić information content (AvgIpc) is 3.88. The van der Waals surface area contributed by atoms with Gasteiger partial charge in [0.1, 0.15) is 41.9 Å². The second-order valence-corrected chi connectivity index (χ2v) is 18.2. The van der Waals surface area contributed by atoms with Crippen molar-refractivity contribution in [3.05, 3.63) is 47.2 Å². The normalized spacial score (nSPS) is 16.1. The largest absolute Gasteiger partial charge is 0.477 e. The molecule has 1 aromatic rings. The van der Waals surface area contributed by atoms with Gasteiger partial charge in [0.2, 0.25) is 47.3 Å². The van der Waals surface area contributed by atoms with Gasteiger partial charge >= 0.3 is 5.97 Å². The second kappa shape index (κ2) is 34.7. The van der Waals surface area contributed by atoms with Crippen molar-refractivity contribution in [1.29, 1.82) is 0 Å². The first-order chi connectivity index (χ1) is 35.7. The average molecular weight is 1060 g/mol. The van der Waals surface area contributed by atoms with Crippen molar-refractivity contribution in [2.24, 2.45) is 45.1 Å². The molecule has 0 bridgehead atoms. The maximum absolute atomic E-state index is 14.3. The third kappa shape index (κ3) is 23.1. The number of amides is 8. The lowest BCUT2D eigenvalue weighted by molar-refractivity contribution is -0.142. The number of carboxylic acid groups (broad SMARTS) is 1. The van der Waals surface area contributed by atoms with E-state index in [0.717, 1.165) is 11.1 Å². The van der Waals surface area contributed by atoms with Crippen molar-refractivity contribution in [2.45, 2.75) is 146 Å². The number of carbonyl (C=O) groups excluding carboxylic acids is 8. The van der Waals surface area contributed by atoms with E-state index in [2.05, 4.69) is 42.2 Å². The second-order valence-electron chi connectivity index (χ2n) is 18.2. The predicted octanol–water partition coefficient (Wildman–Crippen LogP) is -5.13. The van der Waals surface area contributed by atoms with Gasteiger partial charge < -0.3 is 92.5 Å². The molecule has 75 heavy (non-hydrogen) atoms. The van der Waals surface area contributed by atoms with Gasteiger partial charge in [0.15, 0.2) is 5.96 Å². The Morgan fingerprint density at radius 2 is 1.40 bits per heavy atom. The molecule has 1 aromatic carbocycles. The number of hydrogen-bond donors (Lipinski definition) is 16. The van der Waals surface area contributed by atoms with Gasteiger partial charge in [-0.3, -0.25) is 43.3 Å². The van der Waals surface area contributed by atoms with Crippen LogP contribution in [0.4, 0.5) is 0 Å². The highest BCUT2D eigenvalue weighted by atomic mass is 16.4. The van der Waals surface area contributed by atoms with Crippen LogP contribution in [-0.2, 0) is 49.6 Å². The number of nitrogens with one attached hydrogen (secondary N) is 7. The molecule has 1 aliphatic heterocycles. The van der Waals surface area contributed by atoms with Gasteiger partial charge in [-0.2, -0.15) is 0 Å². The Hall–Kier alpha value is -6.78. The number of nitrogens with zero attached hydrogens (tertiary/aromatic N) is 2. The van der Waals surface area contributed by atoms with Gasteiger partial charge in [-0.15, -0.1) is 0 Å². The number of aliphatic imine (C=N–C) groups is 1. The van der Waals surface area contributed by atoms with Crippen LogP contribution >= 0.6 is 0 Å². The zero-order valence-electron chi connectivity index (χ0n) is 43.2. The van der Waals surface area contributed by atoms with Crippen molar-refractivity contribution >= 4 is 59.2 Å². The number of benzene rings is 1. The Labute approximate surface area is 437 Å². The molecule has 1 saturated heterocycles. The molecule has 8 atom stereocenters. The summed E-state index contributed by atoms with van der Waals surface area (Å²) in [6, 6.07) is -1.18. The van der Waals surface area contributed by atoms with E-state index in [1.165, 1.54) is 17.9 Å². The number of aliphatic carboxylic acids is 1. The summed E-state index contributed by atoms with van der Waals surface area (Å²) < 4.78 is 0. The molecule has 0 spiro atoms. The SMILES string of the molecule is Cc1ccccc1CC[C@H](NC(=O)[C@@H]1CCCN1C(=O)[C@@H](CCCN)NC(=O)CNC(=O)[C@H](C)NC(=O)[C@@H](NC(=O)[C@@H](N)CCCCN)[C@@H](O)CN)C(=O)N[C@@H](CCCCN)C(=O)N/C(=C\CCN=C(N)N)C(=O)O. The monoisotopic (exact) mass is 1060 g/mol. The fourth-order valence-electron chi connectivity index (χ4n) is 7.96. The minimum atomic E-state index is -1.56. The molecule has 1 fully saturated rings. The number of guanidine groups is 1. The van der Waals surface area contributed by atoms with Crippen LogP contribution in [0.3, 0.4) is 0 Å². The van der Waals surface area contributed by atoms with Crippen LogP contribution in [0.5, 0.6) is 0 Å². The van der Waals surface area contributed by atoms with Gasteiger partial charge in [-0.1, -0.05) is 36.8 Å². The number of rotatable bonds is 35. The summed E-state index contributed by atoms with van der Waals surface area (Å²) >= 11 is 0. The number of carbonyl (C=O) groups is 9. The van der Waals surface area contributed by atoms with Gasteiger partial charge in [0, 0.05) is 19.6 Å². The van der Waals surface area contributed by atoms with Crippen molar-refractivity contribution in [1.82, 2.24) is 42.1 Å². The first kappa shape index (κ1) is 64.3. The van der Waals surface area contributed by atoms with Crippen molar-refractivity contribution in [3.8, 4) is 0 Å². The molecule has 0 saturated carbocycles. The van der Waals surface area contributed by atoms with E-state index in [4.69, 9.17) is 40.1 Å². The number of unbranched alkanes of at least 4 members (excludes halogenated alkanes) is 2. The van der Waals surface area contributed by atoms with Gasteiger partial charge in [0.05, 0.1) is 18.7 Å². The highest BCUT2D eigenvalue weighted by Gasteiger charge is 2.39. The lowest BCUT2D eigenvalue weighted by Gasteiger charge is -2.30.